The minimum atomic E-state index is -2.56. The van der Waals surface area contributed by atoms with E-state index >= 15 is 4.79 Å². The largest absolute Gasteiger partial charge is 0.331 e. The van der Waals surface area contributed by atoms with E-state index < -0.39 is 64.4 Å². The number of rotatable bonds is 40. The average molecular weight is 935 g/mol. The normalized spacial score (nSPS) is 22.0. The van der Waals surface area contributed by atoms with E-state index in [0.717, 1.165) is 0 Å². The van der Waals surface area contributed by atoms with E-state index in [1.54, 1.807) is 41.5 Å². The molecule has 8 atom stereocenters. The number of hydrogen-bond acceptors (Lipinski definition) is 19. The molecule has 0 saturated carbocycles. The molecule has 0 radical (unpaired) electrons. The van der Waals surface area contributed by atoms with E-state index in [0.29, 0.717) is 25.7 Å². The molecule has 0 aliphatic heterocycles. The highest BCUT2D eigenvalue weighted by atomic mass is 17.0. The van der Waals surface area contributed by atoms with Crippen LogP contribution in [0.25, 0.3) is 0 Å². The van der Waals surface area contributed by atoms with Gasteiger partial charge in [-0.05, 0) is 68.2 Å². The molecule has 0 rings (SSSR count). The Morgan fingerprint density at radius 1 is 0.328 bits per heavy atom. The van der Waals surface area contributed by atoms with Crippen molar-refractivity contribution in [3.05, 3.63) is 0 Å². The van der Waals surface area contributed by atoms with Crippen molar-refractivity contribution in [1.29, 1.82) is 0 Å². The van der Waals surface area contributed by atoms with Crippen LogP contribution in [0.1, 0.15) is 149 Å². The predicted molar refractivity (Wildman–Crippen MR) is 235 cm³/mol. The van der Waals surface area contributed by atoms with Gasteiger partial charge in [-0.1, -0.05) is 26.7 Å². The number of carbonyl (C=O) groups is 1. The molecule has 0 aliphatic carbocycles. The van der Waals surface area contributed by atoms with E-state index in [1.165, 1.54) is 98.0 Å². The summed E-state index contributed by atoms with van der Waals surface area (Å²) in [6, 6.07) is 0. The summed E-state index contributed by atoms with van der Waals surface area (Å²) in [5.41, 5.74) is -5.11. The summed E-state index contributed by atoms with van der Waals surface area (Å²) in [6.07, 6.45) is 1.59. The maximum absolute atomic E-state index is 17.3. The molecule has 0 fully saturated rings. The number of unbranched alkanes of at least 4 members (excludes halogenated alkanes) is 2. The molecule has 0 N–H and O–H groups in total. The zero-order valence-corrected chi connectivity index (χ0v) is 43.7. The molecule has 384 valence electrons. The number of hydrogen-bond donors (Lipinski definition) is 0. The fourth-order valence-electron chi connectivity index (χ4n) is 7.27. The molecule has 19 heteroatoms. The molecule has 0 amide bonds. The van der Waals surface area contributed by atoms with Crippen LogP contribution in [0.15, 0.2) is 0 Å². The Balaban J connectivity index is 9.97. The van der Waals surface area contributed by atoms with Crippen LogP contribution in [-0.4, -0.2) is 147 Å². The molecule has 19 nitrogen and oxygen atoms in total. The maximum atomic E-state index is 17.3. The van der Waals surface area contributed by atoms with E-state index in [-0.39, 0.29) is 52.5 Å². The van der Waals surface area contributed by atoms with Crippen molar-refractivity contribution >= 4 is 5.78 Å². The molecular weight excluding hydrogens is 844 g/mol. The number of ketones is 1. The molecule has 0 bridgehead atoms. The molecule has 0 heterocycles. The van der Waals surface area contributed by atoms with Gasteiger partial charge in [-0.2, -0.15) is 0 Å². The van der Waals surface area contributed by atoms with Crippen molar-refractivity contribution in [2.24, 2.45) is 0 Å². The molecule has 0 spiro atoms. The van der Waals surface area contributed by atoms with Crippen LogP contribution < -0.4 is 0 Å². The summed E-state index contributed by atoms with van der Waals surface area (Å²) in [5, 5.41) is 0. The SMILES string of the molecule is CCCCC(OC(C)(OC)OCC)(OC(C)(OC)OCC)C(C)(OC(C)(OC)OCC)C(=O)C(C)(OC(C)(OC)OCC)C(CCCC)(OC(C)(OC)OCC)OC(C)(OC)OCC. The van der Waals surface area contributed by atoms with Crippen LogP contribution in [-0.2, 0) is 90.1 Å². The Kier molecular flexibility index (Phi) is 26.8. The van der Waals surface area contributed by atoms with Gasteiger partial charge in [0, 0.05) is 137 Å². The Morgan fingerprint density at radius 3 is 0.672 bits per heavy atom. The van der Waals surface area contributed by atoms with Crippen molar-refractivity contribution in [2.75, 3.05) is 82.3 Å². The Morgan fingerprint density at radius 2 is 0.516 bits per heavy atom. The lowest BCUT2D eigenvalue weighted by atomic mass is 9.73. The molecule has 0 aromatic rings. The monoisotopic (exact) mass is 935 g/mol. The zero-order valence-electron chi connectivity index (χ0n) is 43.7. The van der Waals surface area contributed by atoms with Crippen molar-refractivity contribution in [2.45, 2.75) is 208 Å². The fourth-order valence-corrected chi connectivity index (χ4v) is 7.27. The van der Waals surface area contributed by atoms with Crippen molar-refractivity contribution in [3.8, 4) is 0 Å². The second kappa shape index (κ2) is 27.2. The number of methoxy groups -OCH3 is 6. The van der Waals surface area contributed by atoms with Crippen molar-refractivity contribution < 1.29 is 90.1 Å². The van der Waals surface area contributed by atoms with E-state index in [2.05, 4.69) is 0 Å². The third-order valence-electron chi connectivity index (χ3n) is 10.9. The number of ether oxygens (including phenoxy) is 18. The first-order valence-corrected chi connectivity index (χ1v) is 22.6. The second-order valence-electron chi connectivity index (χ2n) is 15.7. The highest BCUT2D eigenvalue weighted by Gasteiger charge is 2.74. The lowest BCUT2D eigenvalue weighted by Gasteiger charge is -2.58. The second-order valence-corrected chi connectivity index (χ2v) is 15.7. The van der Waals surface area contributed by atoms with Crippen LogP contribution >= 0.6 is 0 Å². The molecule has 64 heavy (non-hydrogen) atoms. The first kappa shape index (κ1) is 63.0. The highest BCUT2D eigenvalue weighted by Crippen LogP contribution is 2.53. The predicted octanol–water partition coefficient (Wildman–Crippen LogP) is 8.09. The lowest BCUT2D eigenvalue weighted by molar-refractivity contribution is -0.537. The van der Waals surface area contributed by atoms with Gasteiger partial charge in [-0.3, -0.25) is 23.7 Å². The van der Waals surface area contributed by atoms with Gasteiger partial charge in [-0.25, -0.2) is 0 Å². The zero-order chi connectivity index (χ0) is 49.8. The van der Waals surface area contributed by atoms with E-state index in [1.807, 2.05) is 13.8 Å². The molecular formula is C45H90O19. The highest BCUT2D eigenvalue weighted by molar-refractivity contribution is 5.96. The Bertz CT molecular complexity index is 1170. The van der Waals surface area contributed by atoms with Crippen LogP contribution in [0, 0.1) is 0 Å². The first-order chi connectivity index (χ1) is 29.7. The number of carbonyl (C=O) groups excluding carboxylic acids is 1. The van der Waals surface area contributed by atoms with Gasteiger partial charge >= 0.3 is 0 Å². The summed E-state index contributed by atoms with van der Waals surface area (Å²) in [5.74, 6) is -17.5. The van der Waals surface area contributed by atoms with Crippen molar-refractivity contribution in [1.82, 2.24) is 0 Å². The quantitative estimate of drug-likeness (QED) is 0.0537. The minimum Gasteiger partial charge on any atom is -0.331 e. The van der Waals surface area contributed by atoms with Gasteiger partial charge in [0.1, 0.15) is 0 Å². The van der Waals surface area contributed by atoms with Gasteiger partial charge in [0.2, 0.25) is 17.4 Å². The lowest BCUT2D eigenvalue weighted by Crippen LogP contribution is -2.78. The summed E-state index contributed by atoms with van der Waals surface area (Å²) in [7, 11) is 8.25. The average Bonchev–Trinajstić information content (AvgIpc) is 3.24. The van der Waals surface area contributed by atoms with E-state index in [4.69, 9.17) is 85.3 Å². The molecule has 8 unspecified atom stereocenters. The topological polar surface area (TPSA) is 183 Å². The van der Waals surface area contributed by atoms with Gasteiger partial charge in [0.25, 0.3) is 35.8 Å². The van der Waals surface area contributed by atoms with Gasteiger partial charge in [0.05, 0.1) is 0 Å². The van der Waals surface area contributed by atoms with Crippen LogP contribution in [0.5, 0.6) is 0 Å². The molecule has 0 aromatic heterocycles. The van der Waals surface area contributed by atoms with Crippen LogP contribution in [0.3, 0.4) is 0 Å². The Hall–Kier alpha value is -1.05. The smallest absolute Gasteiger partial charge is 0.282 e. The summed E-state index contributed by atoms with van der Waals surface area (Å²) in [4.78, 5) is 17.3. The summed E-state index contributed by atoms with van der Waals surface area (Å²) >= 11 is 0. The van der Waals surface area contributed by atoms with Crippen molar-refractivity contribution in [3.63, 3.8) is 0 Å². The Labute approximate surface area is 385 Å². The van der Waals surface area contributed by atoms with Gasteiger partial charge in [0.15, 0.2) is 11.2 Å². The fraction of sp³-hybridized carbons (Fsp3) is 0.978. The number of Topliss-reactive ketones (excluding diaryl/α,β-unsaturated/α-hetero) is 1. The standard InChI is InChI=1S/C45H90O19/c1-23-31-33-44(61-40(13,49-19)55-27-5,62-41(14,50-20)56-28-6)36(9,59-38(11,47-17)53-25-3)35(46)37(10,60-39(12,48-18)54-26-4)45(34-32-24-2,63-42(15,51-21)57-29-7)64-43(16,52-22)58-30-8/h23-34H2,1-22H3. The third-order valence-corrected chi connectivity index (χ3v) is 10.9. The molecule has 0 aromatic carbocycles. The summed E-state index contributed by atoms with van der Waals surface area (Å²) < 4.78 is 115. The third kappa shape index (κ3) is 16.0. The molecule has 0 aliphatic rings. The van der Waals surface area contributed by atoms with Gasteiger partial charge < -0.3 is 66.3 Å². The van der Waals surface area contributed by atoms with E-state index in [9.17, 15) is 0 Å². The summed E-state index contributed by atoms with van der Waals surface area (Å²) in [6.45, 7) is 26.9. The maximum Gasteiger partial charge on any atom is 0.282 e. The minimum absolute atomic E-state index is 0.0648. The first-order valence-electron chi connectivity index (χ1n) is 22.6. The van der Waals surface area contributed by atoms with Gasteiger partial charge in [-0.15, -0.1) is 0 Å². The molecule has 0 saturated heterocycles. The van der Waals surface area contributed by atoms with Crippen LogP contribution in [0.4, 0.5) is 0 Å². The van der Waals surface area contributed by atoms with Crippen LogP contribution in [0.2, 0.25) is 0 Å².